The van der Waals surface area contributed by atoms with Gasteiger partial charge in [-0.15, -0.1) is 0 Å². The highest BCUT2D eigenvalue weighted by molar-refractivity contribution is 5.96. The largest absolute Gasteiger partial charge is 0.504 e. The Labute approximate surface area is 146 Å². The Kier molecular flexibility index (Phi) is 3.60. The number of phenols is 1. The molecule has 1 aliphatic heterocycles. The van der Waals surface area contributed by atoms with Crippen molar-refractivity contribution in [3.05, 3.63) is 41.5 Å². The number of cyclic esters (lactones) is 1. The molecule has 0 spiro atoms. The number of hydrogen-bond donors (Lipinski definition) is 1. The van der Waals surface area contributed by atoms with E-state index in [-0.39, 0.29) is 23.7 Å². The molecule has 0 aromatic heterocycles. The Balaban J connectivity index is 1.83. The van der Waals surface area contributed by atoms with E-state index in [0.29, 0.717) is 23.7 Å². The third-order valence-electron chi connectivity index (χ3n) is 5.00. The molecule has 2 aromatic rings. The molecule has 1 N–H and O–H groups in total. The van der Waals surface area contributed by atoms with Crippen LogP contribution in [0.4, 0.5) is 0 Å². The maximum absolute atomic E-state index is 11.9. The molecule has 1 saturated carbocycles. The fourth-order valence-corrected chi connectivity index (χ4v) is 3.11. The number of carbonyl (C=O) groups excluding carboxylic acids is 1. The van der Waals surface area contributed by atoms with Gasteiger partial charge in [-0.1, -0.05) is 19.1 Å². The Bertz CT molecular complexity index is 851. The second-order valence-corrected chi connectivity index (χ2v) is 7.00. The van der Waals surface area contributed by atoms with E-state index in [0.717, 1.165) is 29.5 Å². The van der Waals surface area contributed by atoms with E-state index in [4.69, 9.17) is 14.2 Å². The topological polar surface area (TPSA) is 65.0 Å². The molecule has 1 heterocycles. The Morgan fingerprint density at radius 1 is 1.12 bits per heavy atom. The lowest BCUT2D eigenvalue weighted by atomic mass is 9.95. The molecule has 1 aliphatic carbocycles. The molecule has 4 rings (SSSR count). The molecule has 0 radical (unpaired) electrons. The van der Waals surface area contributed by atoms with Crippen molar-refractivity contribution in [3.8, 4) is 28.4 Å². The van der Waals surface area contributed by atoms with E-state index >= 15 is 0 Å². The summed E-state index contributed by atoms with van der Waals surface area (Å²) in [6.45, 7) is 2.98. The third-order valence-corrected chi connectivity index (χ3v) is 5.00. The quantitative estimate of drug-likeness (QED) is 0.836. The molecular formula is C20H20O5. The minimum atomic E-state index is -0.310. The standard InChI is InChI=1S/C20H20O5/c1-20(8-9-20)11-25-17-13(6-7-16(21)18(17)23-2)12-4-3-5-14-15(12)10-24-19(14)22/h3-7,21H,8-11H2,1-2H3. The van der Waals surface area contributed by atoms with Gasteiger partial charge in [-0.2, -0.15) is 0 Å². The van der Waals surface area contributed by atoms with Crippen molar-refractivity contribution in [2.45, 2.75) is 26.4 Å². The Hall–Kier alpha value is -2.69. The first-order chi connectivity index (χ1) is 12.0. The van der Waals surface area contributed by atoms with Gasteiger partial charge in [0.1, 0.15) is 6.61 Å². The molecule has 130 valence electrons. The van der Waals surface area contributed by atoms with Crippen molar-refractivity contribution in [3.63, 3.8) is 0 Å². The number of fused-ring (bicyclic) bond motifs is 1. The summed E-state index contributed by atoms with van der Waals surface area (Å²) in [6.07, 6.45) is 2.26. The molecule has 5 heteroatoms. The lowest BCUT2D eigenvalue weighted by Gasteiger charge is -2.19. The lowest BCUT2D eigenvalue weighted by molar-refractivity contribution is 0.0535. The van der Waals surface area contributed by atoms with Crippen LogP contribution in [0, 0.1) is 5.41 Å². The predicted octanol–water partition coefficient (Wildman–Crippen LogP) is 3.92. The number of aromatic hydroxyl groups is 1. The zero-order valence-corrected chi connectivity index (χ0v) is 14.3. The summed E-state index contributed by atoms with van der Waals surface area (Å²) in [5.41, 5.74) is 3.24. The Morgan fingerprint density at radius 3 is 2.60 bits per heavy atom. The number of hydrogen-bond acceptors (Lipinski definition) is 5. The highest BCUT2D eigenvalue weighted by Gasteiger charge is 2.39. The van der Waals surface area contributed by atoms with E-state index in [1.54, 1.807) is 18.2 Å². The van der Waals surface area contributed by atoms with Gasteiger partial charge in [-0.3, -0.25) is 0 Å². The molecule has 0 bridgehead atoms. The van der Waals surface area contributed by atoms with Crippen LogP contribution in [-0.4, -0.2) is 24.8 Å². The fraction of sp³-hybridized carbons (Fsp3) is 0.350. The van der Waals surface area contributed by atoms with Crippen LogP contribution in [0.2, 0.25) is 0 Å². The van der Waals surface area contributed by atoms with Crippen LogP contribution in [-0.2, 0) is 11.3 Å². The average molecular weight is 340 g/mol. The van der Waals surface area contributed by atoms with Crippen molar-refractivity contribution in [2.24, 2.45) is 5.41 Å². The summed E-state index contributed by atoms with van der Waals surface area (Å²) < 4.78 is 16.7. The third kappa shape index (κ3) is 2.69. The van der Waals surface area contributed by atoms with Crippen LogP contribution in [0.5, 0.6) is 17.2 Å². The second kappa shape index (κ2) is 5.69. The molecule has 0 saturated heterocycles. The van der Waals surface area contributed by atoms with Gasteiger partial charge in [0.2, 0.25) is 5.75 Å². The van der Waals surface area contributed by atoms with Gasteiger partial charge in [0.15, 0.2) is 11.5 Å². The van der Waals surface area contributed by atoms with E-state index in [1.807, 2.05) is 12.1 Å². The highest BCUT2D eigenvalue weighted by atomic mass is 16.5. The molecule has 0 unspecified atom stereocenters. The number of benzene rings is 2. The molecule has 0 atom stereocenters. The summed E-state index contributed by atoms with van der Waals surface area (Å²) >= 11 is 0. The smallest absolute Gasteiger partial charge is 0.338 e. The van der Waals surface area contributed by atoms with Gasteiger partial charge < -0.3 is 19.3 Å². The molecule has 2 aromatic carbocycles. The summed E-state index contributed by atoms with van der Waals surface area (Å²) in [4.78, 5) is 11.9. The van der Waals surface area contributed by atoms with Gasteiger partial charge in [0, 0.05) is 16.5 Å². The van der Waals surface area contributed by atoms with Gasteiger partial charge in [-0.25, -0.2) is 4.79 Å². The number of ether oxygens (including phenoxy) is 3. The molecule has 5 nitrogen and oxygen atoms in total. The van der Waals surface area contributed by atoms with E-state index in [9.17, 15) is 9.90 Å². The number of esters is 1. The number of methoxy groups -OCH3 is 1. The zero-order chi connectivity index (χ0) is 17.6. The summed E-state index contributed by atoms with van der Waals surface area (Å²) in [7, 11) is 1.51. The number of carbonyl (C=O) groups is 1. The summed E-state index contributed by atoms with van der Waals surface area (Å²) in [6, 6.07) is 8.89. The fourth-order valence-electron chi connectivity index (χ4n) is 3.11. The van der Waals surface area contributed by atoms with Crippen molar-refractivity contribution in [1.82, 2.24) is 0 Å². The Morgan fingerprint density at radius 2 is 1.88 bits per heavy atom. The van der Waals surface area contributed by atoms with Crippen LogP contribution in [0.3, 0.4) is 0 Å². The average Bonchev–Trinajstić information content (AvgIpc) is 3.23. The summed E-state index contributed by atoms with van der Waals surface area (Å²) in [5, 5.41) is 10.2. The number of phenolic OH excluding ortho intramolecular Hbond substituents is 1. The van der Waals surface area contributed by atoms with Crippen LogP contribution >= 0.6 is 0 Å². The molecule has 1 fully saturated rings. The SMILES string of the molecule is COc1c(O)ccc(-c2cccc3c2COC3=O)c1OCC1(C)CC1. The predicted molar refractivity (Wildman–Crippen MR) is 92.1 cm³/mol. The van der Waals surface area contributed by atoms with Crippen molar-refractivity contribution < 1.29 is 24.1 Å². The van der Waals surface area contributed by atoms with Gasteiger partial charge >= 0.3 is 5.97 Å². The van der Waals surface area contributed by atoms with Crippen LogP contribution in [0.15, 0.2) is 30.3 Å². The van der Waals surface area contributed by atoms with Crippen LogP contribution in [0.25, 0.3) is 11.1 Å². The van der Waals surface area contributed by atoms with Crippen molar-refractivity contribution in [1.29, 1.82) is 0 Å². The monoisotopic (exact) mass is 340 g/mol. The van der Waals surface area contributed by atoms with Crippen molar-refractivity contribution >= 4 is 5.97 Å². The maximum atomic E-state index is 11.9. The number of rotatable bonds is 5. The van der Waals surface area contributed by atoms with Gasteiger partial charge in [-0.05, 0) is 36.6 Å². The molecular weight excluding hydrogens is 320 g/mol. The van der Waals surface area contributed by atoms with Crippen LogP contribution in [0.1, 0.15) is 35.7 Å². The maximum Gasteiger partial charge on any atom is 0.338 e. The first-order valence-electron chi connectivity index (χ1n) is 8.34. The van der Waals surface area contributed by atoms with E-state index < -0.39 is 0 Å². The molecule has 2 aliphatic rings. The van der Waals surface area contributed by atoms with E-state index in [2.05, 4.69) is 6.92 Å². The minimum absolute atomic E-state index is 0.0297. The lowest BCUT2D eigenvalue weighted by Crippen LogP contribution is -2.10. The first kappa shape index (κ1) is 15.8. The second-order valence-electron chi connectivity index (χ2n) is 7.00. The first-order valence-corrected chi connectivity index (χ1v) is 8.34. The van der Waals surface area contributed by atoms with Crippen LogP contribution < -0.4 is 9.47 Å². The van der Waals surface area contributed by atoms with Gasteiger partial charge in [0.05, 0.1) is 19.3 Å². The van der Waals surface area contributed by atoms with E-state index in [1.165, 1.54) is 7.11 Å². The highest BCUT2D eigenvalue weighted by Crippen LogP contribution is 2.49. The molecule has 25 heavy (non-hydrogen) atoms. The normalized spacial score (nSPS) is 17.0. The summed E-state index contributed by atoms with van der Waals surface area (Å²) in [5.74, 6) is 0.533. The molecule has 0 amide bonds. The van der Waals surface area contributed by atoms with Crippen molar-refractivity contribution in [2.75, 3.05) is 13.7 Å². The van der Waals surface area contributed by atoms with Gasteiger partial charge in [0.25, 0.3) is 0 Å². The minimum Gasteiger partial charge on any atom is -0.504 e. The zero-order valence-electron chi connectivity index (χ0n) is 14.3.